The SMILES string of the molecule is COc1ccc(Cl)cc1Cn1cnc(CNCC(C)C)n1. The van der Waals surface area contributed by atoms with Crippen LogP contribution in [0.3, 0.4) is 0 Å². The molecule has 0 unspecified atom stereocenters. The number of nitrogens with zero attached hydrogens (tertiary/aromatic N) is 3. The summed E-state index contributed by atoms with van der Waals surface area (Å²) in [5.74, 6) is 2.20. The molecule has 0 atom stereocenters. The van der Waals surface area contributed by atoms with Gasteiger partial charge in [0, 0.05) is 10.6 Å². The van der Waals surface area contributed by atoms with Gasteiger partial charge in [0.25, 0.3) is 0 Å². The first-order valence-electron chi connectivity index (χ1n) is 7.00. The van der Waals surface area contributed by atoms with Crippen LogP contribution in [-0.2, 0) is 13.1 Å². The molecule has 0 saturated carbocycles. The number of methoxy groups -OCH3 is 1. The second-order valence-corrected chi connectivity index (χ2v) is 5.78. The average Bonchev–Trinajstić information content (AvgIpc) is 2.86. The molecule has 1 aromatic heterocycles. The number of ether oxygens (including phenoxy) is 1. The van der Waals surface area contributed by atoms with E-state index >= 15 is 0 Å². The van der Waals surface area contributed by atoms with Crippen LogP contribution in [0.25, 0.3) is 0 Å². The summed E-state index contributed by atoms with van der Waals surface area (Å²) in [6.07, 6.45) is 1.73. The Morgan fingerprint density at radius 3 is 2.90 bits per heavy atom. The van der Waals surface area contributed by atoms with Gasteiger partial charge < -0.3 is 10.1 Å². The Morgan fingerprint density at radius 2 is 2.19 bits per heavy atom. The monoisotopic (exact) mass is 308 g/mol. The van der Waals surface area contributed by atoms with E-state index in [2.05, 4.69) is 29.2 Å². The van der Waals surface area contributed by atoms with Crippen molar-refractivity contribution < 1.29 is 4.74 Å². The highest BCUT2D eigenvalue weighted by Crippen LogP contribution is 2.23. The zero-order chi connectivity index (χ0) is 15.2. The normalized spacial score (nSPS) is 11.1. The Morgan fingerprint density at radius 1 is 1.38 bits per heavy atom. The number of benzene rings is 1. The molecule has 0 amide bonds. The Bertz CT molecular complexity index is 583. The lowest BCUT2D eigenvalue weighted by Crippen LogP contribution is -2.19. The molecule has 0 aliphatic heterocycles. The van der Waals surface area contributed by atoms with Crippen molar-refractivity contribution in [2.75, 3.05) is 13.7 Å². The molecule has 1 heterocycles. The molecule has 0 aliphatic carbocycles. The largest absolute Gasteiger partial charge is 0.496 e. The topological polar surface area (TPSA) is 52.0 Å². The van der Waals surface area contributed by atoms with Crippen LogP contribution in [0.5, 0.6) is 5.75 Å². The van der Waals surface area contributed by atoms with Crippen molar-refractivity contribution in [1.82, 2.24) is 20.1 Å². The molecule has 1 N–H and O–H groups in total. The summed E-state index contributed by atoms with van der Waals surface area (Å²) in [4.78, 5) is 4.30. The second-order valence-electron chi connectivity index (χ2n) is 5.34. The maximum Gasteiger partial charge on any atom is 0.164 e. The van der Waals surface area contributed by atoms with Gasteiger partial charge in [-0.15, -0.1) is 0 Å². The molecule has 114 valence electrons. The number of hydrogen-bond acceptors (Lipinski definition) is 4. The molecule has 0 spiro atoms. The van der Waals surface area contributed by atoms with E-state index in [1.165, 1.54) is 0 Å². The van der Waals surface area contributed by atoms with Crippen molar-refractivity contribution in [3.05, 3.63) is 40.9 Å². The van der Waals surface area contributed by atoms with E-state index in [0.29, 0.717) is 24.0 Å². The van der Waals surface area contributed by atoms with Crippen LogP contribution >= 0.6 is 11.6 Å². The van der Waals surface area contributed by atoms with Crippen LogP contribution in [0.2, 0.25) is 5.02 Å². The molecular weight excluding hydrogens is 288 g/mol. The van der Waals surface area contributed by atoms with Crippen molar-refractivity contribution >= 4 is 11.6 Å². The molecule has 0 saturated heterocycles. The minimum Gasteiger partial charge on any atom is -0.496 e. The van der Waals surface area contributed by atoms with Gasteiger partial charge in [-0.25, -0.2) is 9.67 Å². The van der Waals surface area contributed by atoms with Crippen molar-refractivity contribution in [2.24, 2.45) is 5.92 Å². The highest BCUT2D eigenvalue weighted by molar-refractivity contribution is 6.30. The summed E-state index contributed by atoms with van der Waals surface area (Å²) < 4.78 is 7.13. The van der Waals surface area contributed by atoms with Crippen molar-refractivity contribution in [3.8, 4) is 5.75 Å². The molecule has 5 nitrogen and oxygen atoms in total. The Kier molecular flexibility index (Phi) is 5.59. The zero-order valence-electron chi connectivity index (χ0n) is 12.6. The lowest BCUT2D eigenvalue weighted by atomic mass is 10.2. The summed E-state index contributed by atoms with van der Waals surface area (Å²) in [6.45, 7) is 6.56. The molecular formula is C15H21ClN4O. The quantitative estimate of drug-likeness (QED) is 0.854. The van der Waals surface area contributed by atoms with Crippen LogP contribution in [0.1, 0.15) is 25.2 Å². The van der Waals surface area contributed by atoms with Crippen LogP contribution in [0.15, 0.2) is 24.5 Å². The summed E-state index contributed by atoms with van der Waals surface area (Å²) in [5, 5.41) is 8.46. The highest BCUT2D eigenvalue weighted by atomic mass is 35.5. The predicted octanol–water partition coefficient (Wildman–Crippen LogP) is 2.73. The second kappa shape index (κ2) is 7.43. The van der Waals surface area contributed by atoms with E-state index in [9.17, 15) is 0 Å². The third-order valence-corrected chi connectivity index (χ3v) is 3.23. The van der Waals surface area contributed by atoms with Crippen LogP contribution in [0, 0.1) is 5.92 Å². The molecule has 0 radical (unpaired) electrons. The van der Waals surface area contributed by atoms with Crippen LogP contribution in [0.4, 0.5) is 0 Å². The molecule has 0 fully saturated rings. The van der Waals surface area contributed by atoms with E-state index in [0.717, 1.165) is 23.7 Å². The van der Waals surface area contributed by atoms with E-state index in [1.807, 2.05) is 18.2 Å². The van der Waals surface area contributed by atoms with Gasteiger partial charge in [0.15, 0.2) is 5.82 Å². The van der Waals surface area contributed by atoms with Crippen molar-refractivity contribution in [2.45, 2.75) is 26.9 Å². The summed E-state index contributed by atoms with van der Waals surface area (Å²) >= 11 is 6.03. The predicted molar refractivity (Wildman–Crippen MR) is 83.7 cm³/mol. The lowest BCUT2D eigenvalue weighted by molar-refractivity contribution is 0.407. The van der Waals surface area contributed by atoms with Gasteiger partial charge in [0.05, 0.1) is 20.2 Å². The lowest BCUT2D eigenvalue weighted by Gasteiger charge is -2.08. The maximum absolute atomic E-state index is 6.03. The zero-order valence-corrected chi connectivity index (χ0v) is 13.4. The first-order chi connectivity index (χ1) is 10.1. The molecule has 0 aliphatic rings. The molecule has 21 heavy (non-hydrogen) atoms. The van der Waals surface area contributed by atoms with Gasteiger partial charge in [0.1, 0.15) is 12.1 Å². The summed E-state index contributed by atoms with van der Waals surface area (Å²) in [7, 11) is 1.65. The van der Waals surface area contributed by atoms with Crippen LogP contribution < -0.4 is 10.1 Å². The Labute approximate surface area is 130 Å². The van der Waals surface area contributed by atoms with E-state index < -0.39 is 0 Å². The fourth-order valence-electron chi connectivity index (χ4n) is 2.01. The Hall–Kier alpha value is -1.59. The third-order valence-electron chi connectivity index (χ3n) is 2.99. The van der Waals surface area contributed by atoms with Gasteiger partial charge in [0.2, 0.25) is 0 Å². The van der Waals surface area contributed by atoms with Crippen molar-refractivity contribution in [3.63, 3.8) is 0 Å². The van der Waals surface area contributed by atoms with Gasteiger partial charge >= 0.3 is 0 Å². The van der Waals surface area contributed by atoms with E-state index in [4.69, 9.17) is 16.3 Å². The van der Waals surface area contributed by atoms with E-state index in [-0.39, 0.29) is 0 Å². The highest BCUT2D eigenvalue weighted by Gasteiger charge is 2.07. The molecule has 1 aromatic carbocycles. The van der Waals surface area contributed by atoms with Gasteiger partial charge in [-0.3, -0.25) is 0 Å². The number of hydrogen-bond donors (Lipinski definition) is 1. The first-order valence-corrected chi connectivity index (χ1v) is 7.37. The minimum atomic E-state index is 0.584. The van der Waals surface area contributed by atoms with Gasteiger partial charge in [-0.05, 0) is 30.7 Å². The van der Waals surface area contributed by atoms with Crippen LogP contribution in [-0.4, -0.2) is 28.4 Å². The van der Waals surface area contributed by atoms with E-state index in [1.54, 1.807) is 18.1 Å². The molecule has 2 aromatic rings. The average molecular weight is 309 g/mol. The van der Waals surface area contributed by atoms with Gasteiger partial charge in [-0.2, -0.15) is 5.10 Å². The smallest absolute Gasteiger partial charge is 0.164 e. The Balaban J connectivity index is 2.00. The fraction of sp³-hybridized carbons (Fsp3) is 0.467. The summed E-state index contributed by atoms with van der Waals surface area (Å²) in [5.41, 5.74) is 0.983. The molecule has 0 bridgehead atoms. The summed E-state index contributed by atoms with van der Waals surface area (Å²) in [6, 6.07) is 5.56. The number of nitrogens with one attached hydrogen (secondary N) is 1. The first kappa shape index (κ1) is 15.8. The third kappa shape index (κ3) is 4.72. The van der Waals surface area contributed by atoms with Crippen molar-refractivity contribution in [1.29, 1.82) is 0 Å². The minimum absolute atomic E-state index is 0.584. The maximum atomic E-state index is 6.03. The van der Waals surface area contributed by atoms with Gasteiger partial charge in [-0.1, -0.05) is 25.4 Å². The fourth-order valence-corrected chi connectivity index (χ4v) is 2.20. The number of halogens is 1. The number of rotatable bonds is 7. The standard InChI is InChI=1S/C15H21ClN4O/c1-11(2)7-17-8-15-18-10-20(19-15)9-12-6-13(16)4-5-14(12)21-3/h4-6,10-11,17H,7-9H2,1-3H3. The molecule has 6 heteroatoms. The molecule has 2 rings (SSSR count). The number of aromatic nitrogens is 3.